The van der Waals surface area contributed by atoms with Gasteiger partial charge in [-0.25, -0.2) is 8.42 Å². The maximum absolute atomic E-state index is 13.2. The highest BCUT2D eigenvalue weighted by Crippen LogP contribution is 2.33. The van der Waals surface area contributed by atoms with E-state index in [-0.39, 0.29) is 11.8 Å². The average molecular weight is 438 g/mol. The predicted octanol–water partition coefficient (Wildman–Crippen LogP) is 2.81. The first kappa shape index (κ1) is 22.9. The zero-order chi connectivity index (χ0) is 21.9. The van der Waals surface area contributed by atoms with Gasteiger partial charge in [0.15, 0.2) is 0 Å². The van der Waals surface area contributed by atoms with Crippen molar-refractivity contribution in [1.29, 1.82) is 0 Å². The Morgan fingerprint density at radius 1 is 1.20 bits per heavy atom. The van der Waals surface area contributed by atoms with E-state index in [1.807, 2.05) is 18.7 Å². The van der Waals surface area contributed by atoms with Gasteiger partial charge in [0.2, 0.25) is 15.9 Å². The molecule has 0 spiro atoms. The number of carbonyl (C=O) groups excluding carboxylic acids is 1. The summed E-state index contributed by atoms with van der Waals surface area (Å²) in [5.41, 5.74) is 0.777. The molecule has 0 aliphatic carbocycles. The van der Waals surface area contributed by atoms with Crippen molar-refractivity contribution in [2.75, 3.05) is 51.3 Å². The van der Waals surface area contributed by atoms with Crippen LogP contribution in [0.1, 0.15) is 40.0 Å². The molecule has 2 saturated heterocycles. The fourth-order valence-corrected chi connectivity index (χ4v) is 5.86. The van der Waals surface area contributed by atoms with Crippen LogP contribution in [-0.2, 0) is 14.8 Å². The largest absolute Gasteiger partial charge is 0.495 e. The molecule has 2 aliphatic heterocycles. The van der Waals surface area contributed by atoms with Crippen LogP contribution in [0.5, 0.6) is 5.75 Å². The molecular formula is C22H35N3O4S. The van der Waals surface area contributed by atoms with Crippen molar-refractivity contribution in [1.82, 2.24) is 9.21 Å². The first-order chi connectivity index (χ1) is 14.3. The molecule has 0 aromatic heterocycles. The van der Waals surface area contributed by atoms with Gasteiger partial charge in [0.1, 0.15) is 5.75 Å². The number of piperazine rings is 1. The number of hydrogen-bond donors (Lipinski definition) is 0. The summed E-state index contributed by atoms with van der Waals surface area (Å²) in [5, 5.41) is 0. The molecule has 8 heteroatoms. The van der Waals surface area contributed by atoms with Gasteiger partial charge in [-0.15, -0.1) is 0 Å². The summed E-state index contributed by atoms with van der Waals surface area (Å²) in [6, 6.07) is 5.12. The van der Waals surface area contributed by atoms with Crippen molar-refractivity contribution in [3.63, 3.8) is 0 Å². The van der Waals surface area contributed by atoms with Crippen molar-refractivity contribution < 1.29 is 17.9 Å². The predicted molar refractivity (Wildman–Crippen MR) is 118 cm³/mol. The van der Waals surface area contributed by atoms with Crippen LogP contribution in [0.4, 0.5) is 5.69 Å². The fourth-order valence-electron chi connectivity index (χ4n) is 4.25. The van der Waals surface area contributed by atoms with Crippen LogP contribution >= 0.6 is 0 Å². The molecule has 2 aliphatic rings. The minimum Gasteiger partial charge on any atom is -0.495 e. The summed E-state index contributed by atoms with van der Waals surface area (Å²) >= 11 is 0. The topological polar surface area (TPSA) is 70.2 Å². The molecule has 0 radical (unpaired) electrons. The molecule has 2 heterocycles. The van der Waals surface area contributed by atoms with Gasteiger partial charge in [-0.3, -0.25) is 4.79 Å². The Morgan fingerprint density at radius 2 is 1.90 bits per heavy atom. The fraction of sp³-hybridized carbons (Fsp3) is 0.682. The van der Waals surface area contributed by atoms with Crippen molar-refractivity contribution in [3.05, 3.63) is 18.2 Å². The highest BCUT2D eigenvalue weighted by molar-refractivity contribution is 7.89. The van der Waals surface area contributed by atoms with Crippen LogP contribution in [0.25, 0.3) is 0 Å². The lowest BCUT2D eigenvalue weighted by atomic mass is 10.0. The lowest BCUT2D eigenvalue weighted by molar-refractivity contribution is -0.135. The summed E-state index contributed by atoms with van der Waals surface area (Å²) in [4.78, 5) is 16.8. The number of amides is 1. The van der Waals surface area contributed by atoms with Crippen molar-refractivity contribution >= 4 is 21.6 Å². The van der Waals surface area contributed by atoms with Gasteiger partial charge in [0.25, 0.3) is 0 Å². The molecule has 1 amide bonds. The standard InChI is InChI=1S/C22H35N3O4S/c1-5-18(3)22(26)24-13-11-23(12-14-24)20-15-19(8-9-21(20)29-4)30(27,28)25-10-6-7-17(2)16-25/h8-9,15,17-18H,5-7,10-14,16H2,1-4H3. The number of ether oxygens (including phenoxy) is 1. The van der Waals surface area contributed by atoms with E-state index >= 15 is 0 Å². The Labute approximate surface area is 181 Å². The Morgan fingerprint density at radius 3 is 2.50 bits per heavy atom. The third-order valence-electron chi connectivity index (χ3n) is 6.37. The molecule has 2 atom stereocenters. The molecule has 2 fully saturated rings. The number of piperidine rings is 1. The second kappa shape index (κ2) is 9.56. The SMILES string of the molecule is CCC(C)C(=O)N1CCN(c2cc(S(=O)(=O)N3CCCC(C)C3)ccc2OC)CC1. The van der Waals surface area contributed by atoms with E-state index in [0.717, 1.165) is 24.9 Å². The van der Waals surface area contributed by atoms with E-state index in [9.17, 15) is 13.2 Å². The second-order valence-corrected chi connectivity index (χ2v) is 10.5. The number of anilines is 1. The van der Waals surface area contributed by atoms with E-state index in [1.165, 1.54) is 0 Å². The first-order valence-corrected chi connectivity index (χ1v) is 12.4. The molecule has 1 aromatic carbocycles. The minimum atomic E-state index is -3.53. The summed E-state index contributed by atoms with van der Waals surface area (Å²) in [6.07, 6.45) is 2.80. The van der Waals surface area contributed by atoms with Crippen LogP contribution in [0.3, 0.4) is 0 Å². The number of methoxy groups -OCH3 is 1. The zero-order valence-electron chi connectivity index (χ0n) is 18.6. The number of carbonyl (C=O) groups is 1. The van der Waals surface area contributed by atoms with Crippen LogP contribution in [0.15, 0.2) is 23.1 Å². The molecule has 30 heavy (non-hydrogen) atoms. The maximum atomic E-state index is 13.2. The van der Waals surface area contributed by atoms with E-state index in [4.69, 9.17) is 4.74 Å². The van der Waals surface area contributed by atoms with E-state index in [1.54, 1.807) is 29.6 Å². The molecular weight excluding hydrogens is 402 g/mol. The monoisotopic (exact) mass is 437 g/mol. The number of nitrogens with zero attached hydrogens (tertiary/aromatic N) is 3. The number of rotatable bonds is 6. The lowest BCUT2D eigenvalue weighted by Gasteiger charge is -2.38. The van der Waals surface area contributed by atoms with E-state index < -0.39 is 10.0 Å². The van der Waals surface area contributed by atoms with E-state index in [2.05, 4.69) is 11.8 Å². The highest BCUT2D eigenvalue weighted by atomic mass is 32.2. The van der Waals surface area contributed by atoms with Crippen molar-refractivity contribution in [2.24, 2.45) is 11.8 Å². The number of hydrogen-bond acceptors (Lipinski definition) is 5. The second-order valence-electron chi connectivity index (χ2n) is 8.57. The third kappa shape index (κ3) is 4.75. The number of benzene rings is 1. The lowest BCUT2D eigenvalue weighted by Crippen LogP contribution is -2.50. The third-order valence-corrected chi connectivity index (χ3v) is 8.23. The maximum Gasteiger partial charge on any atom is 0.243 e. The molecule has 0 saturated carbocycles. The normalized spacial score (nSPS) is 22.1. The van der Waals surface area contributed by atoms with Crippen LogP contribution in [-0.4, -0.2) is 69.9 Å². The molecule has 0 bridgehead atoms. The smallest absolute Gasteiger partial charge is 0.243 e. The first-order valence-electron chi connectivity index (χ1n) is 11.0. The Kier molecular flexibility index (Phi) is 7.29. The van der Waals surface area contributed by atoms with Crippen molar-refractivity contribution in [3.8, 4) is 5.75 Å². The molecule has 7 nitrogen and oxygen atoms in total. The molecule has 1 aromatic rings. The van der Waals surface area contributed by atoms with Gasteiger partial charge >= 0.3 is 0 Å². The van der Waals surface area contributed by atoms with Crippen LogP contribution in [0.2, 0.25) is 0 Å². The van der Waals surface area contributed by atoms with Gasteiger partial charge < -0.3 is 14.5 Å². The molecule has 3 rings (SSSR count). The summed E-state index contributed by atoms with van der Waals surface area (Å²) in [7, 11) is -1.93. The van der Waals surface area contributed by atoms with Crippen LogP contribution < -0.4 is 9.64 Å². The van der Waals surface area contributed by atoms with E-state index in [0.29, 0.717) is 55.8 Å². The quantitative estimate of drug-likeness (QED) is 0.684. The average Bonchev–Trinajstić information content (AvgIpc) is 2.77. The van der Waals surface area contributed by atoms with Gasteiger partial charge in [0.05, 0.1) is 17.7 Å². The molecule has 0 N–H and O–H groups in total. The summed E-state index contributed by atoms with van der Waals surface area (Å²) in [6.45, 7) is 9.81. The zero-order valence-corrected chi connectivity index (χ0v) is 19.5. The van der Waals surface area contributed by atoms with Crippen LogP contribution in [0, 0.1) is 11.8 Å². The molecule has 2 unspecified atom stereocenters. The molecule has 168 valence electrons. The van der Waals surface area contributed by atoms with Gasteiger partial charge in [0, 0.05) is 45.2 Å². The van der Waals surface area contributed by atoms with Gasteiger partial charge in [-0.05, 0) is 43.4 Å². The van der Waals surface area contributed by atoms with Gasteiger partial charge in [-0.1, -0.05) is 20.8 Å². The van der Waals surface area contributed by atoms with Crippen molar-refractivity contribution in [2.45, 2.75) is 44.9 Å². The minimum absolute atomic E-state index is 0.0338. The van der Waals surface area contributed by atoms with Gasteiger partial charge in [-0.2, -0.15) is 4.31 Å². The Balaban J connectivity index is 1.80. The summed E-state index contributed by atoms with van der Waals surface area (Å²) < 4.78 is 33.6. The Bertz CT molecular complexity index is 850. The Hall–Kier alpha value is -1.80. The summed E-state index contributed by atoms with van der Waals surface area (Å²) in [5.74, 6) is 1.26. The number of sulfonamides is 1. The highest BCUT2D eigenvalue weighted by Gasteiger charge is 2.31.